The summed E-state index contributed by atoms with van der Waals surface area (Å²) >= 11 is 0. The first kappa shape index (κ1) is 16.0. The van der Waals surface area contributed by atoms with Gasteiger partial charge in [-0.05, 0) is 50.1 Å². The van der Waals surface area contributed by atoms with Crippen LogP contribution in [0.5, 0.6) is 0 Å². The van der Waals surface area contributed by atoms with Gasteiger partial charge < -0.3 is 9.88 Å². The van der Waals surface area contributed by atoms with E-state index in [9.17, 15) is 9.59 Å². The number of urea groups is 1. The van der Waals surface area contributed by atoms with Crippen LogP contribution in [0, 0.1) is 13.8 Å². The lowest BCUT2D eigenvalue weighted by molar-refractivity contribution is -0.122. The van der Waals surface area contributed by atoms with Crippen LogP contribution < -0.4 is 5.32 Å². The van der Waals surface area contributed by atoms with E-state index in [0.717, 1.165) is 29.2 Å². The van der Waals surface area contributed by atoms with E-state index < -0.39 is 0 Å². The van der Waals surface area contributed by atoms with E-state index in [0.29, 0.717) is 12.2 Å². The number of carbonyl (C=O) groups is 2. The summed E-state index contributed by atoms with van der Waals surface area (Å²) in [5, 5.41) is 2.66. The van der Waals surface area contributed by atoms with Gasteiger partial charge in [-0.1, -0.05) is 13.0 Å². The first-order chi connectivity index (χ1) is 11.5. The van der Waals surface area contributed by atoms with Gasteiger partial charge in [-0.25, -0.2) is 9.78 Å². The van der Waals surface area contributed by atoms with E-state index in [1.807, 2.05) is 49.6 Å². The van der Waals surface area contributed by atoms with E-state index >= 15 is 0 Å². The predicted molar refractivity (Wildman–Crippen MR) is 91.6 cm³/mol. The number of amides is 3. The SMILES string of the molecule is CCCN1C(=O)N/C(=C/c2cc(C)n(-c3ccccn3)c2C)C1=O. The third kappa shape index (κ3) is 2.71. The van der Waals surface area contributed by atoms with Crippen LogP contribution in [0.4, 0.5) is 4.79 Å². The fourth-order valence-electron chi connectivity index (χ4n) is 2.93. The Hall–Kier alpha value is -2.89. The van der Waals surface area contributed by atoms with Gasteiger partial charge in [0.25, 0.3) is 5.91 Å². The van der Waals surface area contributed by atoms with Crippen LogP contribution in [0.25, 0.3) is 11.9 Å². The third-order valence-corrected chi connectivity index (χ3v) is 4.06. The molecule has 0 bridgehead atoms. The average Bonchev–Trinajstić information content (AvgIpc) is 2.99. The maximum Gasteiger partial charge on any atom is 0.329 e. The molecule has 6 heteroatoms. The molecule has 0 aromatic carbocycles. The lowest BCUT2D eigenvalue weighted by Gasteiger charge is -2.08. The van der Waals surface area contributed by atoms with Crippen molar-refractivity contribution in [3.05, 3.63) is 53.1 Å². The number of aromatic nitrogens is 2. The van der Waals surface area contributed by atoms with Crippen molar-refractivity contribution in [3.63, 3.8) is 0 Å². The number of nitrogens with zero attached hydrogens (tertiary/aromatic N) is 3. The molecule has 0 spiro atoms. The van der Waals surface area contributed by atoms with Crippen molar-refractivity contribution in [2.45, 2.75) is 27.2 Å². The van der Waals surface area contributed by atoms with Gasteiger partial charge in [0.15, 0.2) is 0 Å². The molecule has 24 heavy (non-hydrogen) atoms. The van der Waals surface area contributed by atoms with Crippen molar-refractivity contribution in [2.24, 2.45) is 0 Å². The minimum Gasteiger partial charge on any atom is -0.303 e. The molecule has 3 amide bonds. The van der Waals surface area contributed by atoms with Gasteiger partial charge in [-0.15, -0.1) is 0 Å². The fraction of sp³-hybridized carbons (Fsp3) is 0.278. The second kappa shape index (κ2) is 6.31. The predicted octanol–water partition coefficient (Wildman–Crippen LogP) is 2.79. The molecule has 6 nitrogen and oxygen atoms in total. The summed E-state index contributed by atoms with van der Waals surface area (Å²) in [4.78, 5) is 29.8. The third-order valence-electron chi connectivity index (χ3n) is 4.06. The number of nitrogens with one attached hydrogen (secondary N) is 1. The molecule has 1 N–H and O–H groups in total. The van der Waals surface area contributed by atoms with E-state index in [-0.39, 0.29) is 11.9 Å². The zero-order chi connectivity index (χ0) is 17.3. The Morgan fingerprint density at radius 2 is 2.04 bits per heavy atom. The van der Waals surface area contributed by atoms with Crippen molar-refractivity contribution in [3.8, 4) is 5.82 Å². The summed E-state index contributed by atoms with van der Waals surface area (Å²) in [5.41, 5.74) is 3.18. The van der Waals surface area contributed by atoms with Gasteiger partial charge >= 0.3 is 6.03 Å². The summed E-state index contributed by atoms with van der Waals surface area (Å²) < 4.78 is 2.03. The van der Waals surface area contributed by atoms with Crippen molar-refractivity contribution in [2.75, 3.05) is 6.54 Å². The van der Waals surface area contributed by atoms with Crippen LogP contribution in [0.2, 0.25) is 0 Å². The number of aryl methyl sites for hydroxylation is 1. The second-order valence-corrected chi connectivity index (χ2v) is 5.79. The van der Waals surface area contributed by atoms with E-state index in [4.69, 9.17) is 0 Å². The van der Waals surface area contributed by atoms with E-state index in [1.165, 1.54) is 4.90 Å². The monoisotopic (exact) mass is 324 g/mol. The van der Waals surface area contributed by atoms with Crippen LogP contribution in [0.3, 0.4) is 0 Å². The van der Waals surface area contributed by atoms with Crippen molar-refractivity contribution >= 4 is 18.0 Å². The highest BCUT2D eigenvalue weighted by Crippen LogP contribution is 2.23. The van der Waals surface area contributed by atoms with Crippen LogP contribution in [-0.2, 0) is 4.79 Å². The highest BCUT2D eigenvalue weighted by atomic mass is 16.2. The first-order valence-electron chi connectivity index (χ1n) is 7.97. The van der Waals surface area contributed by atoms with Crippen LogP contribution in [-0.4, -0.2) is 32.9 Å². The number of carbonyl (C=O) groups excluding carboxylic acids is 2. The number of hydrogen-bond acceptors (Lipinski definition) is 3. The molecule has 1 fully saturated rings. The molecule has 1 aliphatic heterocycles. The zero-order valence-corrected chi connectivity index (χ0v) is 14.0. The van der Waals surface area contributed by atoms with E-state index in [2.05, 4.69) is 10.3 Å². The highest BCUT2D eigenvalue weighted by Gasteiger charge is 2.32. The van der Waals surface area contributed by atoms with Gasteiger partial charge in [0.05, 0.1) is 0 Å². The molecule has 3 rings (SSSR count). The lowest BCUT2D eigenvalue weighted by Crippen LogP contribution is -2.31. The second-order valence-electron chi connectivity index (χ2n) is 5.79. The topological polar surface area (TPSA) is 67.2 Å². The highest BCUT2D eigenvalue weighted by molar-refractivity contribution is 6.14. The Balaban J connectivity index is 1.98. The number of imide groups is 1. The van der Waals surface area contributed by atoms with Crippen LogP contribution in [0.15, 0.2) is 36.2 Å². The normalized spacial score (nSPS) is 16.1. The summed E-state index contributed by atoms with van der Waals surface area (Å²) in [7, 11) is 0. The van der Waals surface area contributed by atoms with Crippen LogP contribution in [0.1, 0.15) is 30.3 Å². The van der Waals surface area contributed by atoms with Crippen LogP contribution >= 0.6 is 0 Å². The molecule has 0 atom stereocenters. The summed E-state index contributed by atoms with van der Waals surface area (Å²) in [6, 6.07) is 7.37. The van der Waals surface area contributed by atoms with Crippen molar-refractivity contribution in [1.82, 2.24) is 19.8 Å². The van der Waals surface area contributed by atoms with Crippen molar-refractivity contribution in [1.29, 1.82) is 0 Å². The zero-order valence-electron chi connectivity index (χ0n) is 14.0. The summed E-state index contributed by atoms with van der Waals surface area (Å²) in [6.45, 7) is 6.32. The Kier molecular flexibility index (Phi) is 4.20. The molecule has 0 radical (unpaired) electrons. The van der Waals surface area contributed by atoms with Gasteiger partial charge in [0.2, 0.25) is 0 Å². The molecular formula is C18H20N4O2. The largest absolute Gasteiger partial charge is 0.329 e. The summed E-state index contributed by atoms with van der Waals surface area (Å²) in [5.74, 6) is 0.552. The maximum atomic E-state index is 12.3. The molecule has 124 valence electrons. The lowest BCUT2D eigenvalue weighted by atomic mass is 10.2. The number of hydrogen-bond donors (Lipinski definition) is 1. The molecule has 0 aliphatic carbocycles. The van der Waals surface area contributed by atoms with Gasteiger partial charge in [-0.2, -0.15) is 0 Å². The van der Waals surface area contributed by atoms with Crippen molar-refractivity contribution < 1.29 is 9.59 Å². The van der Waals surface area contributed by atoms with E-state index in [1.54, 1.807) is 12.3 Å². The molecule has 0 unspecified atom stereocenters. The Morgan fingerprint density at radius 3 is 2.71 bits per heavy atom. The Morgan fingerprint density at radius 1 is 1.25 bits per heavy atom. The van der Waals surface area contributed by atoms with Gasteiger partial charge in [-0.3, -0.25) is 9.69 Å². The first-order valence-corrected chi connectivity index (χ1v) is 7.97. The molecule has 2 aromatic rings. The molecular weight excluding hydrogens is 304 g/mol. The minimum absolute atomic E-state index is 0.274. The molecule has 3 heterocycles. The smallest absolute Gasteiger partial charge is 0.303 e. The molecule has 1 aliphatic rings. The number of pyridine rings is 1. The summed E-state index contributed by atoms with van der Waals surface area (Å²) in [6.07, 6.45) is 4.22. The number of rotatable bonds is 4. The fourth-order valence-corrected chi connectivity index (χ4v) is 2.93. The van der Waals surface area contributed by atoms with Gasteiger partial charge in [0, 0.05) is 24.1 Å². The molecule has 0 saturated carbocycles. The Labute approximate surface area is 140 Å². The molecule has 2 aromatic heterocycles. The molecule has 1 saturated heterocycles. The maximum absolute atomic E-state index is 12.3. The Bertz CT molecular complexity index is 821. The minimum atomic E-state index is -0.355. The quantitative estimate of drug-likeness (QED) is 0.694. The standard InChI is InChI=1S/C18H20N4O2/c1-4-9-21-17(23)15(20-18(21)24)11-14-10-12(2)22(13(14)3)16-7-5-6-8-19-16/h5-8,10-11H,4,9H2,1-3H3,(H,20,24)/b15-11+. The van der Waals surface area contributed by atoms with Gasteiger partial charge in [0.1, 0.15) is 11.5 Å². The average molecular weight is 324 g/mol.